The maximum Gasteiger partial charge on any atom is 0.226 e. The van der Waals surface area contributed by atoms with Gasteiger partial charge in [0.15, 0.2) is 0 Å². The van der Waals surface area contributed by atoms with Gasteiger partial charge in [-0.15, -0.1) is 0 Å². The van der Waals surface area contributed by atoms with Crippen LogP contribution in [-0.4, -0.2) is 10.9 Å². The van der Waals surface area contributed by atoms with Gasteiger partial charge >= 0.3 is 0 Å². The average molecular weight is 290 g/mol. The summed E-state index contributed by atoms with van der Waals surface area (Å²) in [6.07, 6.45) is 1.78. The van der Waals surface area contributed by atoms with Gasteiger partial charge in [-0.25, -0.2) is 0 Å². The maximum absolute atomic E-state index is 11.9. The standard InChI is InChI=1S/C15H16ClN3O/c1-10(11-2-4-12(16)5-3-11)19-15(20)8-14-7-6-13(17)9-18-14/h2-7,9-10H,8,17H2,1H3,(H,19,20)/t10-/m0/s1. The summed E-state index contributed by atoms with van der Waals surface area (Å²) in [4.78, 5) is 16.0. The van der Waals surface area contributed by atoms with E-state index in [1.165, 1.54) is 0 Å². The van der Waals surface area contributed by atoms with Crippen LogP contribution in [0.5, 0.6) is 0 Å². The molecule has 0 fully saturated rings. The third-order valence-corrected chi connectivity index (χ3v) is 3.19. The van der Waals surface area contributed by atoms with Gasteiger partial charge in [0.25, 0.3) is 0 Å². The van der Waals surface area contributed by atoms with Crippen LogP contribution in [0.4, 0.5) is 5.69 Å². The molecule has 1 heterocycles. The van der Waals surface area contributed by atoms with Gasteiger partial charge in [-0.3, -0.25) is 9.78 Å². The van der Waals surface area contributed by atoms with Crippen LogP contribution >= 0.6 is 11.6 Å². The number of anilines is 1. The number of halogens is 1. The van der Waals surface area contributed by atoms with E-state index in [-0.39, 0.29) is 18.4 Å². The summed E-state index contributed by atoms with van der Waals surface area (Å²) in [7, 11) is 0. The molecule has 3 N–H and O–H groups in total. The van der Waals surface area contributed by atoms with E-state index in [0.717, 1.165) is 5.56 Å². The lowest BCUT2D eigenvalue weighted by atomic mass is 10.1. The van der Waals surface area contributed by atoms with E-state index in [4.69, 9.17) is 17.3 Å². The number of benzene rings is 1. The van der Waals surface area contributed by atoms with Crippen LogP contribution in [0.3, 0.4) is 0 Å². The third-order valence-electron chi connectivity index (χ3n) is 2.94. The number of nitrogen functional groups attached to an aromatic ring is 1. The molecule has 104 valence electrons. The number of pyridine rings is 1. The van der Waals surface area contributed by atoms with Gasteiger partial charge < -0.3 is 11.1 Å². The zero-order valence-electron chi connectivity index (χ0n) is 11.1. The fraction of sp³-hybridized carbons (Fsp3) is 0.200. The first-order valence-corrected chi connectivity index (χ1v) is 6.67. The van der Waals surface area contributed by atoms with Crippen LogP contribution in [-0.2, 0) is 11.2 Å². The first kappa shape index (κ1) is 14.3. The fourth-order valence-corrected chi connectivity index (χ4v) is 1.96. The molecular weight excluding hydrogens is 274 g/mol. The van der Waals surface area contributed by atoms with Crippen molar-refractivity contribution in [3.63, 3.8) is 0 Å². The number of carbonyl (C=O) groups excluding carboxylic acids is 1. The van der Waals surface area contributed by atoms with Crippen molar-refractivity contribution >= 4 is 23.2 Å². The molecule has 20 heavy (non-hydrogen) atoms. The fourth-order valence-electron chi connectivity index (χ4n) is 1.83. The predicted octanol–water partition coefficient (Wildman–Crippen LogP) is 2.74. The summed E-state index contributed by atoms with van der Waals surface area (Å²) < 4.78 is 0. The number of nitrogens with one attached hydrogen (secondary N) is 1. The number of rotatable bonds is 4. The van der Waals surface area contributed by atoms with Gasteiger partial charge in [-0.2, -0.15) is 0 Å². The predicted molar refractivity (Wildman–Crippen MR) is 80.4 cm³/mol. The highest BCUT2D eigenvalue weighted by Gasteiger charge is 2.10. The van der Waals surface area contributed by atoms with Gasteiger partial charge in [0.2, 0.25) is 5.91 Å². The van der Waals surface area contributed by atoms with Crippen molar-refractivity contribution in [1.82, 2.24) is 10.3 Å². The highest BCUT2D eigenvalue weighted by Crippen LogP contribution is 2.16. The Balaban J connectivity index is 1.93. The molecule has 4 nitrogen and oxygen atoms in total. The number of hydrogen-bond acceptors (Lipinski definition) is 3. The number of carbonyl (C=O) groups is 1. The van der Waals surface area contributed by atoms with Crippen molar-refractivity contribution < 1.29 is 4.79 Å². The molecule has 2 rings (SSSR count). The largest absolute Gasteiger partial charge is 0.397 e. The van der Waals surface area contributed by atoms with Gasteiger partial charge in [0.1, 0.15) is 0 Å². The van der Waals surface area contributed by atoms with Crippen molar-refractivity contribution in [1.29, 1.82) is 0 Å². The Morgan fingerprint density at radius 2 is 2.00 bits per heavy atom. The zero-order chi connectivity index (χ0) is 14.5. The molecule has 1 amide bonds. The number of hydrogen-bond donors (Lipinski definition) is 2. The molecule has 5 heteroatoms. The first-order chi connectivity index (χ1) is 9.54. The van der Waals surface area contributed by atoms with E-state index in [1.54, 1.807) is 30.5 Å². The second kappa shape index (κ2) is 6.39. The third kappa shape index (κ3) is 3.96. The second-order valence-corrected chi connectivity index (χ2v) is 5.04. The van der Waals surface area contributed by atoms with Gasteiger partial charge in [0, 0.05) is 10.7 Å². The van der Waals surface area contributed by atoms with E-state index >= 15 is 0 Å². The SMILES string of the molecule is C[C@H](NC(=O)Cc1ccc(N)cn1)c1ccc(Cl)cc1. The molecule has 1 atom stereocenters. The molecule has 0 aliphatic heterocycles. The van der Waals surface area contributed by atoms with Crippen molar-refractivity contribution in [3.8, 4) is 0 Å². The summed E-state index contributed by atoms with van der Waals surface area (Å²) in [6, 6.07) is 10.8. The molecular formula is C15H16ClN3O. The molecule has 0 saturated carbocycles. The van der Waals surface area contributed by atoms with Crippen LogP contribution in [0.15, 0.2) is 42.6 Å². The Morgan fingerprint density at radius 1 is 1.30 bits per heavy atom. The lowest BCUT2D eigenvalue weighted by Crippen LogP contribution is -2.28. The van der Waals surface area contributed by atoms with Crippen molar-refractivity contribution in [2.24, 2.45) is 0 Å². The topological polar surface area (TPSA) is 68.0 Å². The molecule has 0 saturated heterocycles. The average Bonchev–Trinajstić information content (AvgIpc) is 2.42. The summed E-state index contributed by atoms with van der Waals surface area (Å²) in [5, 5.41) is 3.60. The van der Waals surface area contributed by atoms with Gasteiger partial charge in [0.05, 0.1) is 24.3 Å². The second-order valence-electron chi connectivity index (χ2n) is 4.60. The summed E-state index contributed by atoms with van der Waals surface area (Å²) in [6.45, 7) is 1.93. The Kier molecular flexibility index (Phi) is 4.58. The summed E-state index contributed by atoms with van der Waals surface area (Å²) in [5.74, 6) is -0.0790. The van der Waals surface area contributed by atoms with Crippen LogP contribution in [0, 0.1) is 0 Å². The molecule has 0 unspecified atom stereocenters. The minimum atomic E-state index is -0.0790. The number of amides is 1. The van der Waals surface area contributed by atoms with Crippen LogP contribution < -0.4 is 11.1 Å². The van der Waals surface area contributed by atoms with Crippen molar-refractivity contribution in [2.75, 3.05) is 5.73 Å². The lowest BCUT2D eigenvalue weighted by molar-refractivity contribution is -0.121. The van der Waals surface area contributed by atoms with Gasteiger partial charge in [-0.1, -0.05) is 23.7 Å². The van der Waals surface area contributed by atoms with Crippen molar-refractivity contribution in [3.05, 3.63) is 58.9 Å². The molecule has 0 aliphatic carbocycles. The lowest BCUT2D eigenvalue weighted by Gasteiger charge is -2.14. The quantitative estimate of drug-likeness (QED) is 0.909. The molecule has 2 aromatic rings. The maximum atomic E-state index is 11.9. The molecule has 0 radical (unpaired) electrons. The Hall–Kier alpha value is -2.07. The summed E-state index contributed by atoms with van der Waals surface area (Å²) >= 11 is 5.84. The highest BCUT2D eigenvalue weighted by atomic mass is 35.5. The van der Waals surface area contributed by atoms with Crippen LogP contribution in [0.25, 0.3) is 0 Å². The Bertz CT molecular complexity index is 581. The Labute approximate surface area is 123 Å². The van der Waals surface area contributed by atoms with Crippen LogP contribution in [0.1, 0.15) is 24.2 Å². The van der Waals surface area contributed by atoms with Crippen molar-refractivity contribution in [2.45, 2.75) is 19.4 Å². The summed E-state index contributed by atoms with van der Waals surface area (Å²) in [5.41, 5.74) is 7.84. The highest BCUT2D eigenvalue weighted by molar-refractivity contribution is 6.30. The van der Waals surface area contributed by atoms with Crippen LogP contribution in [0.2, 0.25) is 5.02 Å². The van der Waals surface area contributed by atoms with Gasteiger partial charge in [-0.05, 0) is 36.8 Å². The van der Waals surface area contributed by atoms with E-state index < -0.39 is 0 Å². The molecule has 1 aromatic carbocycles. The smallest absolute Gasteiger partial charge is 0.226 e. The van der Waals surface area contributed by atoms with E-state index in [2.05, 4.69) is 10.3 Å². The zero-order valence-corrected chi connectivity index (χ0v) is 11.9. The number of nitrogens with zero attached hydrogens (tertiary/aromatic N) is 1. The minimum absolute atomic E-state index is 0.0754. The minimum Gasteiger partial charge on any atom is -0.397 e. The molecule has 0 bridgehead atoms. The monoisotopic (exact) mass is 289 g/mol. The van der Waals surface area contributed by atoms with E-state index in [0.29, 0.717) is 16.4 Å². The Morgan fingerprint density at radius 3 is 2.60 bits per heavy atom. The number of nitrogens with two attached hydrogens (primary N) is 1. The molecule has 0 aliphatic rings. The normalized spacial score (nSPS) is 11.9. The first-order valence-electron chi connectivity index (χ1n) is 6.30. The molecule has 0 spiro atoms. The van der Waals surface area contributed by atoms with E-state index in [9.17, 15) is 4.79 Å². The van der Waals surface area contributed by atoms with E-state index in [1.807, 2.05) is 19.1 Å². The number of aromatic nitrogens is 1. The molecule has 1 aromatic heterocycles.